The Hall–Kier alpha value is -0.0400. The van der Waals surface area contributed by atoms with Crippen LogP contribution in [0.2, 0.25) is 0 Å². The van der Waals surface area contributed by atoms with Gasteiger partial charge in [-0.25, -0.2) is 0 Å². The second kappa shape index (κ2) is 23.6. The van der Waals surface area contributed by atoms with Crippen molar-refractivity contribution in [2.75, 3.05) is 14.1 Å². The summed E-state index contributed by atoms with van der Waals surface area (Å²) in [6.07, 6.45) is 31.8. The molecule has 0 aromatic carbocycles. The molecule has 1 heteroatoms. The fraction of sp³-hybridized carbons (Fsp3) is 1.00. The van der Waals surface area contributed by atoms with Crippen LogP contribution in [0.5, 0.6) is 0 Å². The van der Waals surface area contributed by atoms with Crippen LogP contribution in [0, 0.1) is 5.92 Å². The minimum atomic E-state index is 0.819. The summed E-state index contributed by atoms with van der Waals surface area (Å²) in [5.41, 5.74) is 0. The first-order chi connectivity index (χ1) is 14.6. The fourth-order valence-electron chi connectivity index (χ4n) is 4.82. The minimum Gasteiger partial charge on any atom is -0.306 e. The van der Waals surface area contributed by atoms with Crippen LogP contribution >= 0.6 is 0 Å². The second-order valence-electron chi connectivity index (χ2n) is 10.5. The Morgan fingerprint density at radius 3 is 1.07 bits per heavy atom. The Labute approximate surface area is 193 Å². The molecule has 0 rings (SSSR count). The van der Waals surface area contributed by atoms with Gasteiger partial charge >= 0.3 is 0 Å². The number of nitrogens with zero attached hydrogens (tertiary/aromatic N) is 1. The highest BCUT2D eigenvalue weighted by atomic mass is 15.1. The van der Waals surface area contributed by atoms with Gasteiger partial charge in [0, 0.05) is 6.04 Å². The summed E-state index contributed by atoms with van der Waals surface area (Å²) in [5, 5.41) is 0. The summed E-state index contributed by atoms with van der Waals surface area (Å²) in [6, 6.07) is 0.819. The van der Waals surface area contributed by atoms with Crippen molar-refractivity contribution in [3.8, 4) is 0 Å². The topological polar surface area (TPSA) is 3.24 Å². The summed E-state index contributed by atoms with van der Waals surface area (Å²) in [7, 11) is 4.56. The van der Waals surface area contributed by atoms with Crippen LogP contribution < -0.4 is 0 Å². The van der Waals surface area contributed by atoms with Crippen LogP contribution in [0.4, 0.5) is 0 Å². The predicted octanol–water partition coefficient (Wildman–Crippen LogP) is 10.2. The number of rotatable bonds is 24. The Balaban J connectivity index is 3.44. The quantitative estimate of drug-likeness (QED) is 0.139. The van der Waals surface area contributed by atoms with Crippen LogP contribution in [0.25, 0.3) is 0 Å². The number of hydrogen-bond acceptors (Lipinski definition) is 1. The van der Waals surface area contributed by atoms with Crippen molar-refractivity contribution >= 4 is 0 Å². The summed E-state index contributed by atoms with van der Waals surface area (Å²) in [6.45, 7) is 7.09. The van der Waals surface area contributed by atoms with E-state index in [1.54, 1.807) is 0 Å². The van der Waals surface area contributed by atoms with E-state index in [-0.39, 0.29) is 0 Å². The lowest BCUT2D eigenvalue weighted by Crippen LogP contribution is -2.27. The van der Waals surface area contributed by atoms with Crippen LogP contribution in [0.1, 0.15) is 162 Å². The molecule has 0 heterocycles. The average molecular weight is 424 g/mol. The first-order valence-corrected chi connectivity index (χ1v) is 14.3. The van der Waals surface area contributed by atoms with Gasteiger partial charge in [0.15, 0.2) is 0 Å². The van der Waals surface area contributed by atoms with Gasteiger partial charge in [0.1, 0.15) is 0 Å². The monoisotopic (exact) mass is 423 g/mol. The van der Waals surface area contributed by atoms with Gasteiger partial charge in [0.25, 0.3) is 0 Å². The highest BCUT2D eigenvalue weighted by molar-refractivity contribution is 4.67. The van der Waals surface area contributed by atoms with Crippen LogP contribution in [0.15, 0.2) is 0 Å². The van der Waals surface area contributed by atoms with Crippen molar-refractivity contribution in [1.82, 2.24) is 4.90 Å². The molecule has 2 atom stereocenters. The molecule has 0 bridgehead atoms. The third-order valence-electron chi connectivity index (χ3n) is 7.16. The van der Waals surface area contributed by atoms with E-state index in [0.29, 0.717) is 0 Å². The Morgan fingerprint density at radius 1 is 0.433 bits per heavy atom. The highest BCUT2D eigenvalue weighted by Crippen LogP contribution is 2.20. The van der Waals surface area contributed by atoms with E-state index in [0.717, 1.165) is 12.0 Å². The maximum Gasteiger partial charge on any atom is 0.00891 e. The second-order valence-corrected chi connectivity index (χ2v) is 10.5. The van der Waals surface area contributed by atoms with Gasteiger partial charge in [0.2, 0.25) is 0 Å². The van der Waals surface area contributed by atoms with Gasteiger partial charge in [-0.3, -0.25) is 0 Å². The molecule has 0 aliphatic heterocycles. The molecule has 0 N–H and O–H groups in total. The summed E-state index contributed by atoms with van der Waals surface area (Å²) < 4.78 is 0. The van der Waals surface area contributed by atoms with Crippen molar-refractivity contribution in [2.24, 2.45) is 5.92 Å². The van der Waals surface area contributed by atoms with E-state index in [9.17, 15) is 0 Å². The molecule has 0 fully saturated rings. The molecule has 0 aliphatic rings. The first kappa shape index (κ1) is 30.0. The summed E-state index contributed by atoms with van der Waals surface area (Å²) in [5.74, 6) is 0.959. The van der Waals surface area contributed by atoms with E-state index >= 15 is 0 Å². The highest BCUT2D eigenvalue weighted by Gasteiger charge is 2.10. The van der Waals surface area contributed by atoms with Gasteiger partial charge in [-0.2, -0.15) is 0 Å². The molecule has 0 aliphatic carbocycles. The van der Waals surface area contributed by atoms with Crippen molar-refractivity contribution in [1.29, 1.82) is 0 Å². The zero-order chi connectivity index (χ0) is 22.3. The van der Waals surface area contributed by atoms with Crippen LogP contribution in [0.3, 0.4) is 0 Å². The van der Waals surface area contributed by atoms with Gasteiger partial charge < -0.3 is 4.90 Å². The molecule has 30 heavy (non-hydrogen) atoms. The molecule has 0 aromatic rings. The van der Waals surface area contributed by atoms with Gasteiger partial charge in [-0.15, -0.1) is 0 Å². The largest absolute Gasteiger partial charge is 0.306 e. The maximum absolute atomic E-state index is 2.48. The lowest BCUT2D eigenvalue weighted by atomic mass is 9.95. The summed E-state index contributed by atoms with van der Waals surface area (Å²) >= 11 is 0. The van der Waals surface area contributed by atoms with E-state index in [1.165, 1.54) is 141 Å². The van der Waals surface area contributed by atoms with E-state index in [1.807, 2.05) is 0 Å². The van der Waals surface area contributed by atoms with Crippen LogP contribution in [-0.2, 0) is 0 Å². The molecule has 2 unspecified atom stereocenters. The van der Waals surface area contributed by atoms with E-state index in [4.69, 9.17) is 0 Å². The van der Waals surface area contributed by atoms with Crippen molar-refractivity contribution in [2.45, 2.75) is 168 Å². The SMILES string of the molecule is CCCCCCCCC(C)CCCCCCCCCC(CCCCCCC)N(C)C. The lowest BCUT2D eigenvalue weighted by Gasteiger charge is -2.24. The zero-order valence-corrected chi connectivity index (χ0v) is 22.2. The van der Waals surface area contributed by atoms with Gasteiger partial charge in [-0.05, 0) is 32.9 Å². The van der Waals surface area contributed by atoms with E-state index < -0.39 is 0 Å². The smallest absolute Gasteiger partial charge is 0.00891 e. The summed E-state index contributed by atoms with van der Waals surface area (Å²) in [4.78, 5) is 2.48. The van der Waals surface area contributed by atoms with Gasteiger partial charge in [0.05, 0.1) is 0 Å². The Morgan fingerprint density at radius 2 is 0.733 bits per heavy atom. The minimum absolute atomic E-state index is 0.819. The molecule has 0 aromatic heterocycles. The third-order valence-corrected chi connectivity index (χ3v) is 7.16. The maximum atomic E-state index is 2.48. The van der Waals surface area contributed by atoms with Crippen molar-refractivity contribution in [3.05, 3.63) is 0 Å². The molecule has 1 nitrogen and oxygen atoms in total. The molecular formula is C29H61N. The Kier molecular flexibility index (Phi) is 23.6. The Bertz CT molecular complexity index is 311. The molecule has 0 saturated heterocycles. The first-order valence-electron chi connectivity index (χ1n) is 14.3. The lowest BCUT2D eigenvalue weighted by molar-refractivity contribution is 0.251. The number of hydrogen-bond donors (Lipinski definition) is 0. The van der Waals surface area contributed by atoms with Crippen molar-refractivity contribution in [3.63, 3.8) is 0 Å². The van der Waals surface area contributed by atoms with Crippen molar-refractivity contribution < 1.29 is 0 Å². The van der Waals surface area contributed by atoms with Gasteiger partial charge in [-0.1, -0.05) is 149 Å². The average Bonchev–Trinajstić information content (AvgIpc) is 2.73. The molecule has 182 valence electrons. The zero-order valence-electron chi connectivity index (χ0n) is 22.2. The molecule has 0 amide bonds. The number of unbranched alkanes of at least 4 members (excludes halogenated alkanes) is 15. The third kappa shape index (κ3) is 21.2. The molecule has 0 saturated carbocycles. The fourth-order valence-corrected chi connectivity index (χ4v) is 4.82. The molecule has 0 spiro atoms. The molecular weight excluding hydrogens is 362 g/mol. The molecule has 0 radical (unpaired) electrons. The van der Waals surface area contributed by atoms with Crippen LogP contribution in [-0.4, -0.2) is 25.0 Å². The normalized spacial score (nSPS) is 13.8. The standard InChI is InChI=1S/C29H61N/c1-6-8-10-12-17-20-24-28(3)25-21-18-14-13-15-19-23-27-29(30(4)5)26-22-16-11-9-7-2/h28-29H,6-27H2,1-5H3. The van der Waals surface area contributed by atoms with E-state index in [2.05, 4.69) is 39.8 Å². The predicted molar refractivity (Wildman–Crippen MR) is 140 cm³/mol.